The molecule has 0 bridgehead atoms. The molecule has 0 radical (unpaired) electrons. The van der Waals surface area contributed by atoms with E-state index in [1.54, 1.807) is 13.0 Å². The zero-order valence-electron chi connectivity index (χ0n) is 12.9. The summed E-state index contributed by atoms with van der Waals surface area (Å²) in [7, 11) is 0. The number of amides is 1. The Morgan fingerprint density at radius 1 is 1.18 bits per heavy atom. The zero-order chi connectivity index (χ0) is 15.9. The Balaban J connectivity index is 1.74. The lowest BCUT2D eigenvalue weighted by Crippen LogP contribution is -2.13. The summed E-state index contributed by atoms with van der Waals surface area (Å²) >= 11 is 0. The van der Waals surface area contributed by atoms with Crippen LogP contribution in [0.4, 0.5) is 10.1 Å². The fourth-order valence-electron chi connectivity index (χ4n) is 2.11. The molecule has 0 aromatic heterocycles. The number of hydrogen-bond donors (Lipinski definition) is 1. The molecule has 0 aliphatic heterocycles. The van der Waals surface area contributed by atoms with E-state index in [1.165, 1.54) is 12.1 Å². The molecule has 0 aliphatic rings. The van der Waals surface area contributed by atoms with E-state index in [0.29, 0.717) is 30.7 Å². The van der Waals surface area contributed by atoms with Gasteiger partial charge in [-0.3, -0.25) is 4.79 Å². The summed E-state index contributed by atoms with van der Waals surface area (Å²) in [5.74, 6) is 0.416. The van der Waals surface area contributed by atoms with Gasteiger partial charge in [0, 0.05) is 12.1 Å². The summed E-state index contributed by atoms with van der Waals surface area (Å²) in [4.78, 5) is 11.9. The maximum atomic E-state index is 13.0. The van der Waals surface area contributed by atoms with Crippen LogP contribution >= 0.6 is 0 Å². The van der Waals surface area contributed by atoms with E-state index >= 15 is 0 Å². The van der Waals surface area contributed by atoms with E-state index in [0.717, 1.165) is 11.3 Å². The topological polar surface area (TPSA) is 38.3 Å². The molecule has 0 unspecified atom stereocenters. The van der Waals surface area contributed by atoms with E-state index in [1.807, 2.05) is 31.2 Å². The summed E-state index contributed by atoms with van der Waals surface area (Å²) in [6, 6.07) is 12.1. The van der Waals surface area contributed by atoms with Gasteiger partial charge >= 0.3 is 0 Å². The number of carbonyl (C=O) groups is 1. The zero-order valence-corrected chi connectivity index (χ0v) is 12.9. The number of nitrogens with one attached hydrogen (secondary N) is 1. The van der Waals surface area contributed by atoms with Gasteiger partial charge in [0.2, 0.25) is 5.91 Å². The first-order valence-electron chi connectivity index (χ1n) is 7.30. The van der Waals surface area contributed by atoms with Gasteiger partial charge in [0.1, 0.15) is 11.6 Å². The standard InChI is InChI=1S/C18H20FNO2/c1-13-5-3-6-16(11-13)22-10-4-7-18(21)20-17-9-8-15(19)12-14(17)2/h3,5-6,8-9,11-12H,4,7,10H2,1-2H3,(H,20,21). The van der Waals surface area contributed by atoms with Crippen molar-refractivity contribution in [3.8, 4) is 5.75 Å². The number of benzene rings is 2. The molecule has 2 aromatic carbocycles. The molecule has 0 spiro atoms. The van der Waals surface area contributed by atoms with Crippen molar-refractivity contribution in [2.24, 2.45) is 0 Å². The molecule has 0 saturated heterocycles. The minimum atomic E-state index is -0.304. The SMILES string of the molecule is Cc1cccc(OCCCC(=O)Nc2ccc(F)cc2C)c1. The number of ether oxygens (including phenoxy) is 1. The summed E-state index contributed by atoms with van der Waals surface area (Å²) in [5, 5.41) is 2.78. The van der Waals surface area contributed by atoms with Crippen molar-refractivity contribution in [3.63, 3.8) is 0 Å². The predicted molar refractivity (Wildman–Crippen MR) is 85.7 cm³/mol. The molecule has 0 fully saturated rings. The highest BCUT2D eigenvalue weighted by Crippen LogP contribution is 2.16. The van der Waals surface area contributed by atoms with E-state index in [4.69, 9.17) is 4.74 Å². The number of aryl methyl sites for hydroxylation is 2. The van der Waals surface area contributed by atoms with Gasteiger partial charge in [-0.2, -0.15) is 0 Å². The highest BCUT2D eigenvalue weighted by atomic mass is 19.1. The lowest BCUT2D eigenvalue weighted by Gasteiger charge is -2.09. The Hall–Kier alpha value is -2.36. The van der Waals surface area contributed by atoms with Crippen molar-refractivity contribution in [2.75, 3.05) is 11.9 Å². The number of rotatable bonds is 6. The lowest BCUT2D eigenvalue weighted by atomic mass is 10.2. The van der Waals surface area contributed by atoms with Crippen LogP contribution in [-0.4, -0.2) is 12.5 Å². The molecule has 1 amide bonds. The predicted octanol–water partition coefficient (Wildman–Crippen LogP) is 4.24. The maximum absolute atomic E-state index is 13.0. The third-order valence-corrected chi connectivity index (χ3v) is 3.27. The van der Waals surface area contributed by atoms with Gasteiger partial charge in [-0.15, -0.1) is 0 Å². The summed E-state index contributed by atoms with van der Waals surface area (Å²) < 4.78 is 18.6. The highest BCUT2D eigenvalue weighted by molar-refractivity contribution is 5.91. The van der Waals surface area contributed by atoms with Crippen LogP contribution in [-0.2, 0) is 4.79 Å². The first kappa shape index (κ1) is 16.0. The van der Waals surface area contributed by atoms with E-state index in [2.05, 4.69) is 5.32 Å². The number of anilines is 1. The third kappa shape index (κ3) is 4.88. The minimum absolute atomic E-state index is 0.0949. The van der Waals surface area contributed by atoms with Crippen LogP contribution in [0.15, 0.2) is 42.5 Å². The molecule has 2 rings (SSSR count). The first-order chi connectivity index (χ1) is 10.5. The number of halogens is 1. The van der Waals surface area contributed by atoms with Crippen molar-refractivity contribution in [1.82, 2.24) is 0 Å². The van der Waals surface area contributed by atoms with Crippen molar-refractivity contribution < 1.29 is 13.9 Å². The van der Waals surface area contributed by atoms with Crippen LogP contribution < -0.4 is 10.1 Å². The average molecular weight is 301 g/mol. The fraction of sp³-hybridized carbons (Fsp3) is 0.278. The maximum Gasteiger partial charge on any atom is 0.224 e. The second-order valence-corrected chi connectivity index (χ2v) is 5.28. The molecule has 0 heterocycles. The van der Waals surface area contributed by atoms with Crippen LogP contribution in [0.25, 0.3) is 0 Å². The second kappa shape index (κ2) is 7.59. The Bertz CT molecular complexity index is 655. The highest BCUT2D eigenvalue weighted by Gasteiger charge is 2.05. The van der Waals surface area contributed by atoms with Gasteiger partial charge in [-0.25, -0.2) is 4.39 Å². The molecule has 4 heteroatoms. The molecule has 0 saturated carbocycles. The van der Waals surface area contributed by atoms with Gasteiger partial charge in [-0.05, 0) is 61.7 Å². The van der Waals surface area contributed by atoms with E-state index < -0.39 is 0 Å². The van der Waals surface area contributed by atoms with Gasteiger partial charge in [0.05, 0.1) is 6.61 Å². The van der Waals surface area contributed by atoms with Crippen molar-refractivity contribution >= 4 is 11.6 Å². The Morgan fingerprint density at radius 2 is 2.00 bits per heavy atom. The minimum Gasteiger partial charge on any atom is -0.494 e. The van der Waals surface area contributed by atoms with Crippen LogP contribution in [0.2, 0.25) is 0 Å². The molecule has 2 aromatic rings. The van der Waals surface area contributed by atoms with Gasteiger partial charge in [0.15, 0.2) is 0 Å². The molecule has 0 aliphatic carbocycles. The summed E-state index contributed by atoms with van der Waals surface area (Å²) in [5.41, 5.74) is 2.50. The number of hydrogen-bond acceptors (Lipinski definition) is 2. The Kier molecular flexibility index (Phi) is 5.53. The third-order valence-electron chi connectivity index (χ3n) is 3.27. The fourth-order valence-corrected chi connectivity index (χ4v) is 2.11. The first-order valence-corrected chi connectivity index (χ1v) is 7.30. The average Bonchev–Trinajstić information content (AvgIpc) is 2.47. The molecule has 22 heavy (non-hydrogen) atoms. The quantitative estimate of drug-likeness (QED) is 0.810. The Labute approximate surface area is 130 Å². The van der Waals surface area contributed by atoms with Crippen LogP contribution in [0.1, 0.15) is 24.0 Å². The van der Waals surface area contributed by atoms with Gasteiger partial charge < -0.3 is 10.1 Å². The van der Waals surface area contributed by atoms with Crippen LogP contribution in [0.5, 0.6) is 5.75 Å². The molecule has 3 nitrogen and oxygen atoms in total. The summed E-state index contributed by atoms with van der Waals surface area (Å²) in [6.07, 6.45) is 0.989. The summed E-state index contributed by atoms with van der Waals surface area (Å²) in [6.45, 7) is 4.25. The molecule has 116 valence electrons. The lowest BCUT2D eigenvalue weighted by molar-refractivity contribution is -0.116. The molecule has 0 atom stereocenters. The van der Waals surface area contributed by atoms with Crippen molar-refractivity contribution in [2.45, 2.75) is 26.7 Å². The Morgan fingerprint density at radius 3 is 2.73 bits per heavy atom. The second-order valence-electron chi connectivity index (χ2n) is 5.28. The van der Waals surface area contributed by atoms with Gasteiger partial charge in [-0.1, -0.05) is 12.1 Å². The number of carbonyl (C=O) groups excluding carboxylic acids is 1. The van der Waals surface area contributed by atoms with Crippen molar-refractivity contribution in [3.05, 3.63) is 59.4 Å². The molecule has 1 N–H and O–H groups in total. The molecular weight excluding hydrogens is 281 g/mol. The monoisotopic (exact) mass is 301 g/mol. The van der Waals surface area contributed by atoms with E-state index in [-0.39, 0.29) is 11.7 Å². The smallest absolute Gasteiger partial charge is 0.224 e. The van der Waals surface area contributed by atoms with E-state index in [9.17, 15) is 9.18 Å². The molecular formula is C18H20FNO2. The largest absolute Gasteiger partial charge is 0.494 e. The van der Waals surface area contributed by atoms with Crippen molar-refractivity contribution in [1.29, 1.82) is 0 Å². The van der Waals surface area contributed by atoms with Crippen LogP contribution in [0.3, 0.4) is 0 Å². The van der Waals surface area contributed by atoms with Gasteiger partial charge in [0.25, 0.3) is 0 Å². The normalized spacial score (nSPS) is 10.3. The van der Waals surface area contributed by atoms with Crippen LogP contribution in [0, 0.1) is 19.7 Å².